The van der Waals surface area contributed by atoms with Gasteiger partial charge in [-0.05, 0) is 61.2 Å². The van der Waals surface area contributed by atoms with Crippen LogP contribution >= 0.6 is 0 Å². The Morgan fingerprint density at radius 2 is 1.78 bits per heavy atom. The predicted octanol–water partition coefficient (Wildman–Crippen LogP) is 3.66. The average molecular weight is 317 g/mol. The van der Waals surface area contributed by atoms with Gasteiger partial charge in [0.15, 0.2) is 0 Å². The van der Waals surface area contributed by atoms with E-state index in [2.05, 4.69) is 11.4 Å². The van der Waals surface area contributed by atoms with Crippen LogP contribution in [-0.4, -0.2) is 18.3 Å². The van der Waals surface area contributed by atoms with Crippen LogP contribution in [0.1, 0.15) is 30.4 Å². The molecule has 0 aliphatic carbocycles. The van der Waals surface area contributed by atoms with E-state index < -0.39 is 0 Å². The van der Waals surface area contributed by atoms with E-state index in [1.54, 1.807) is 12.1 Å². The summed E-state index contributed by atoms with van der Waals surface area (Å²) in [5, 5.41) is 12.1. The topological polar surface area (TPSA) is 41.5 Å². The molecule has 0 bridgehead atoms. The fourth-order valence-corrected chi connectivity index (χ4v) is 2.26. The van der Waals surface area contributed by atoms with Crippen molar-refractivity contribution in [2.75, 3.05) is 13.2 Å². The van der Waals surface area contributed by atoms with Gasteiger partial charge in [-0.1, -0.05) is 24.3 Å². The van der Waals surface area contributed by atoms with Gasteiger partial charge >= 0.3 is 0 Å². The number of benzene rings is 2. The zero-order valence-corrected chi connectivity index (χ0v) is 13.3. The molecular weight excluding hydrogens is 293 g/mol. The quantitative estimate of drug-likeness (QED) is 0.657. The van der Waals surface area contributed by atoms with Crippen LogP contribution in [0.15, 0.2) is 48.5 Å². The van der Waals surface area contributed by atoms with Crippen LogP contribution in [0.4, 0.5) is 4.39 Å². The summed E-state index contributed by atoms with van der Waals surface area (Å²) < 4.78 is 18.6. The molecule has 0 aromatic heterocycles. The van der Waals surface area contributed by atoms with Crippen LogP contribution in [0.3, 0.4) is 0 Å². The fraction of sp³-hybridized carbons (Fsp3) is 0.368. The minimum atomic E-state index is -0.235. The average Bonchev–Trinajstić information content (AvgIpc) is 2.58. The fourth-order valence-electron chi connectivity index (χ4n) is 2.26. The summed E-state index contributed by atoms with van der Waals surface area (Å²) in [6.45, 7) is 2.44. The van der Waals surface area contributed by atoms with Crippen LogP contribution in [0, 0.1) is 5.82 Å². The Morgan fingerprint density at radius 3 is 2.57 bits per heavy atom. The first-order chi connectivity index (χ1) is 11.3. The molecule has 4 heteroatoms. The summed E-state index contributed by atoms with van der Waals surface area (Å²) >= 11 is 0. The second-order valence-electron chi connectivity index (χ2n) is 5.52. The summed E-state index contributed by atoms with van der Waals surface area (Å²) in [4.78, 5) is 0. The lowest BCUT2D eigenvalue weighted by molar-refractivity contribution is 0.283. The first kappa shape index (κ1) is 17.4. The molecule has 0 amide bonds. The van der Waals surface area contributed by atoms with E-state index in [0.717, 1.165) is 43.7 Å². The van der Waals surface area contributed by atoms with Crippen LogP contribution in [0.25, 0.3) is 0 Å². The highest BCUT2D eigenvalue weighted by Crippen LogP contribution is 2.15. The van der Waals surface area contributed by atoms with Crippen molar-refractivity contribution in [3.8, 4) is 5.75 Å². The highest BCUT2D eigenvalue weighted by atomic mass is 19.1. The Labute approximate surface area is 137 Å². The first-order valence-corrected chi connectivity index (χ1v) is 8.05. The van der Waals surface area contributed by atoms with E-state index in [0.29, 0.717) is 6.61 Å². The van der Waals surface area contributed by atoms with Gasteiger partial charge in [-0.15, -0.1) is 0 Å². The maximum Gasteiger partial charge on any atom is 0.123 e. The van der Waals surface area contributed by atoms with Crippen molar-refractivity contribution in [3.63, 3.8) is 0 Å². The van der Waals surface area contributed by atoms with Crippen molar-refractivity contribution in [3.05, 3.63) is 65.5 Å². The summed E-state index contributed by atoms with van der Waals surface area (Å²) in [6.07, 6.45) is 2.99. The first-order valence-electron chi connectivity index (χ1n) is 8.05. The lowest BCUT2D eigenvalue weighted by Gasteiger charge is -2.09. The number of aliphatic hydroxyl groups is 1. The van der Waals surface area contributed by atoms with Crippen LogP contribution < -0.4 is 10.1 Å². The number of rotatable bonds is 10. The monoisotopic (exact) mass is 317 g/mol. The Bertz CT molecular complexity index is 572. The van der Waals surface area contributed by atoms with E-state index in [-0.39, 0.29) is 12.4 Å². The van der Waals surface area contributed by atoms with Gasteiger partial charge in [-0.2, -0.15) is 0 Å². The number of nitrogens with one attached hydrogen (secondary N) is 1. The van der Waals surface area contributed by atoms with Crippen molar-refractivity contribution < 1.29 is 14.2 Å². The largest absolute Gasteiger partial charge is 0.489 e. The van der Waals surface area contributed by atoms with Crippen molar-refractivity contribution in [2.45, 2.75) is 32.4 Å². The molecule has 2 aromatic rings. The Hall–Kier alpha value is -1.91. The molecule has 0 aliphatic rings. The molecule has 0 atom stereocenters. The minimum Gasteiger partial charge on any atom is -0.489 e. The minimum absolute atomic E-state index is 0.235. The van der Waals surface area contributed by atoms with Gasteiger partial charge in [0.05, 0.1) is 0 Å². The third-order valence-electron chi connectivity index (χ3n) is 3.56. The maximum absolute atomic E-state index is 12.9. The Balaban J connectivity index is 1.74. The molecule has 2 N–H and O–H groups in total. The van der Waals surface area contributed by atoms with E-state index in [9.17, 15) is 4.39 Å². The van der Waals surface area contributed by atoms with E-state index in [1.165, 1.54) is 17.7 Å². The molecule has 0 fully saturated rings. The van der Waals surface area contributed by atoms with Crippen molar-refractivity contribution in [1.82, 2.24) is 5.32 Å². The van der Waals surface area contributed by atoms with Gasteiger partial charge < -0.3 is 15.2 Å². The SMILES string of the molecule is OCCCCCNCc1cccc(OCc2ccc(F)cc2)c1. The van der Waals surface area contributed by atoms with Gasteiger partial charge in [0.25, 0.3) is 0 Å². The molecule has 0 saturated heterocycles. The van der Waals surface area contributed by atoms with Crippen molar-refractivity contribution >= 4 is 0 Å². The number of aliphatic hydroxyl groups excluding tert-OH is 1. The van der Waals surface area contributed by atoms with E-state index in [4.69, 9.17) is 9.84 Å². The van der Waals surface area contributed by atoms with Crippen LogP contribution in [-0.2, 0) is 13.2 Å². The summed E-state index contributed by atoms with van der Waals surface area (Å²) in [5.41, 5.74) is 2.11. The molecule has 124 valence electrons. The van der Waals surface area contributed by atoms with Gasteiger partial charge in [0.1, 0.15) is 18.2 Å². The molecule has 0 radical (unpaired) electrons. The lowest BCUT2D eigenvalue weighted by atomic mass is 10.2. The van der Waals surface area contributed by atoms with Crippen molar-refractivity contribution in [1.29, 1.82) is 0 Å². The standard InChI is InChI=1S/C19H24FNO2/c20-18-9-7-16(8-10-18)15-23-19-6-4-5-17(13-19)14-21-11-2-1-3-12-22/h4-10,13,21-22H,1-3,11-12,14-15H2. The normalized spacial score (nSPS) is 10.7. The van der Waals surface area contributed by atoms with E-state index >= 15 is 0 Å². The molecular formula is C19H24FNO2. The second kappa shape index (κ2) is 9.98. The Kier molecular flexibility index (Phi) is 7.57. The second-order valence-corrected chi connectivity index (χ2v) is 5.52. The van der Waals surface area contributed by atoms with Crippen LogP contribution in [0.2, 0.25) is 0 Å². The van der Waals surface area contributed by atoms with Gasteiger partial charge in [0, 0.05) is 13.2 Å². The molecule has 3 nitrogen and oxygen atoms in total. The molecule has 2 rings (SSSR count). The number of ether oxygens (including phenoxy) is 1. The smallest absolute Gasteiger partial charge is 0.123 e. The number of halogens is 1. The van der Waals surface area contributed by atoms with Crippen LogP contribution in [0.5, 0.6) is 5.75 Å². The molecule has 0 spiro atoms. The molecule has 23 heavy (non-hydrogen) atoms. The van der Waals surface area contributed by atoms with Gasteiger partial charge in [0.2, 0.25) is 0 Å². The molecule has 2 aromatic carbocycles. The summed E-state index contributed by atoms with van der Waals surface area (Å²) in [7, 11) is 0. The van der Waals surface area contributed by atoms with Gasteiger partial charge in [-0.25, -0.2) is 4.39 Å². The maximum atomic E-state index is 12.9. The predicted molar refractivity (Wildman–Crippen MR) is 89.8 cm³/mol. The highest BCUT2D eigenvalue weighted by Gasteiger charge is 1.99. The summed E-state index contributed by atoms with van der Waals surface area (Å²) in [5.74, 6) is 0.578. The highest BCUT2D eigenvalue weighted by molar-refractivity contribution is 5.29. The van der Waals surface area contributed by atoms with E-state index in [1.807, 2.05) is 18.2 Å². The zero-order chi connectivity index (χ0) is 16.3. The summed E-state index contributed by atoms with van der Waals surface area (Å²) in [6, 6.07) is 14.3. The zero-order valence-electron chi connectivity index (χ0n) is 13.3. The lowest BCUT2D eigenvalue weighted by Crippen LogP contribution is -2.14. The third kappa shape index (κ3) is 6.80. The number of hydrogen-bond acceptors (Lipinski definition) is 3. The number of hydrogen-bond donors (Lipinski definition) is 2. The molecule has 0 unspecified atom stereocenters. The Morgan fingerprint density at radius 1 is 0.957 bits per heavy atom. The van der Waals surface area contributed by atoms with Gasteiger partial charge in [-0.3, -0.25) is 0 Å². The molecule has 0 aliphatic heterocycles. The third-order valence-corrected chi connectivity index (χ3v) is 3.56. The molecule has 0 heterocycles. The molecule has 0 saturated carbocycles. The van der Waals surface area contributed by atoms with Crippen molar-refractivity contribution in [2.24, 2.45) is 0 Å². The number of unbranched alkanes of at least 4 members (excludes halogenated alkanes) is 2.